The molecule has 10 aromatic heterocycles. The minimum Gasteiger partial charge on any atom is -0.253 e. The van der Waals surface area contributed by atoms with Crippen molar-refractivity contribution in [3.05, 3.63) is 92.2 Å². The summed E-state index contributed by atoms with van der Waals surface area (Å²) in [5.74, 6) is 2.70. The van der Waals surface area contributed by atoms with Crippen LogP contribution in [0.25, 0.3) is 104 Å². The van der Waals surface area contributed by atoms with Gasteiger partial charge in [-0.15, -0.1) is 68.0 Å². The fourth-order valence-electron chi connectivity index (χ4n) is 18.4. The Bertz CT molecular complexity index is 4390. The van der Waals surface area contributed by atoms with Crippen molar-refractivity contribution in [3.8, 4) is 62.2 Å². The molecule has 0 fully saturated rings. The summed E-state index contributed by atoms with van der Waals surface area (Å²) in [5, 5.41) is 2.80. The number of nitrogens with zero attached hydrogens (tertiary/aromatic N) is 6. The molecule has 0 saturated heterocycles. The first-order chi connectivity index (χ1) is 53.5. The number of fused-ring (bicyclic) bond motifs is 7. The zero-order valence-corrected chi connectivity index (χ0v) is 75.2. The van der Waals surface area contributed by atoms with Crippen molar-refractivity contribution in [2.45, 2.75) is 357 Å². The van der Waals surface area contributed by atoms with E-state index in [9.17, 15) is 0 Å². The maximum absolute atomic E-state index is 5.70. The van der Waals surface area contributed by atoms with Crippen molar-refractivity contribution in [2.24, 2.45) is 23.7 Å². The Morgan fingerprint density at radius 2 is 0.725 bits per heavy atom. The van der Waals surface area contributed by atoms with Crippen LogP contribution >= 0.6 is 91.5 Å². The molecule has 0 aliphatic heterocycles. The van der Waals surface area contributed by atoms with Gasteiger partial charge in [-0.25, -0.2) is 0 Å². The van der Waals surface area contributed by atoms with Crippen LogP contribution in [0.2, 0.25) is 0 Å². The Labute approximate surface area is 690 Å². The van der Waals surface area contributed by atoms with Gasteiger partial charge in [0, 0.05) is 93.7 Å². The fraction of sp³-hybridized carbons (Fsp3) is 0.621. The van der Waals surface area contributed by atoms with Gasteiger partial charge >= 0.3 is 0 Å². The lowest BCUT2D eigenvalue weighted by molar-refractivity contribution is 0.266. The quantitative estimate of drug-likeness (QED) is 0.0354. The number of benzene rings is 1. The highest BCUT2D eigenvalue weighted by molar-refractivity contribution is 7.26. The highest BCUT2D eigenvalue weighted by atomic mass is 32.1. The van der Waals surface area contributed by atoms with Crippen molar-refractivity contribution < 1.29 is 0 Å². The molecule has 0 saturated carbocycles. The monoisotopic (exact) mass is 1610 g/mol. The molecule has 0 bridgehead atoms. The smallest absolute Gasteiger partial charge is 0.132 e. The molecule has 1 aliphatic rings. The van der Waals surface area contributed by atoms with E-state index in [0.717, 1.165) is 69.3 Å². The first kappa shape index (κ1) is 84.3. The molecule has 0 amide bonds. The molecular weight excluding hydrogens is 1480 g/mol. The van der Waals surface area contributed by atoms with Gasteiger partial charge < -0.3 is 0 Å². The molecule has 4 unspecified atom stereocenters. The second-order valence-electron chi connectivity index (χ2n) is 33.3. The highest BCUT2D eigenvalue weighted by Gasteiger charge is 2.48. The first-order valence-corrected chi connectivity index (χ1v) is 50.6. The molecule has 0 N–H and O–H groups in total. The number of rotatable bonds is 53. The van der Waals surface area contributed by atoms with Crippen LogP contribution in [0, 0.1) is 37.5 Å². The first-order valence-electron chi connectivity index (χ1n) is 44.2. The summed E-state index contributed by atoms with van der Waals surface area (Å²) in [6.45, 7) is 23.5. The lowest BCUT2D eigenvalue weighted by atomic mass is 9.65. The van der Waals surface area contributed by atoms with Crippen LogP contribution in [0.3, 0.4) is 0 Å². The van der Waals surface area contributed by atoms with Crippen LogP contribution in [-0.4, -0.2) is 27.5 Å². The molecule has 0 radical (unpaired) electrons. The van der Waals surface area contributed by atoms with E-state index in [1.54, 1.807) is 9.75 Å². The largest absolute Gasteiger partial charge is 0.253 e. The zero-order valence-electron chi connectivity index (χ0n) is 68.6. The van der Waals surface area contributed by atoms with E-state index in [-0.39, 0.29) is 5.41 Å². The molecule has 11 aromatic rings. The third-order valence-electron chi connectivity index (χ3n) is 24.8. The molecule has 590 valence electrons. The average molecular weight is 1610 g/mol. The number of aryl methyl sites for hydroxylation is 2. The van der Waals surface area contributed by atoms with Crippen molar-refractivity contribution >= 4 is 134 Å². The number of thiophene rings is 6. The summed E-state index contributed by atoms with van der Waals surface area (Å²) < 4.78 is 23.2. The Kier molecular flexibility index (Phi) is 33.3. The second-order valence-corrected chi connectivity index (χ2v) is 41.1. The van der Waals surface area contributed by atoms with Crippen molar-refractivity contribution in [2.75, 3.05) is 0 Å². The molecule has 1 aromatic carbocycles. The fourth-order valence-corrected chi connectivity index (χ4v) is 27.1. The van der Waals surface area contributed by atoms with Gasteiger partial charge in [0.1, 0.15) is 33.5 Å². The Hall–Kier alpha value is -4.12. The number of hydrogen-bond acceptors (Lipinski definition) is 14. The van der Waals surface area contributed by atoms with Crippen LogP contribution < -0.4 is 0 Å². The lowest BCUT2D eigenvalue weighted by Crippen LogP contribution is -2.31. The Balaban J connectivity index is 0.941. The van der Waals surface area contributed by atoms with Gasteiger partial charge in [0.05, 0.1) is 33.2 Å². The normalized spacial score (nSPS) is 14.9. The highest BCUT2D eigenvalue weighted by Crippen LogP contribution is 2.64. The van der Waals surface area contributed by atoms with E-state index in [4.69, 9.17) is 27.5 Å². The van der Waals surface area contributed by atoms with E-state index in [1.165, 1.54) is 375 Å². The molecule has 1 aliphatic carbocycles. The topological polar surface area (TPSA) is 77.3 Å². The zero-order chi connectivity index (χ0) is 75.9. The summed E-state index contributed by atoms with van der Waals surface area (Å²) in [4.78, 5) is 24.7. The Morgan fingerprint density at radius 3 is 1.17 bits per heavy atom. The van der Waals surface area contributed by atoms with Crippen LogP contribution in [0.1, 0.15) is 356 Å². The third-order valence-corrected chi connectivity index (χ3v) is 32.8. The van der Waals surface area contributed by atoms with Crippen LogP contribution in [0.5, 0.6) is 0 Å². The molecular formula is C95H132N6S8. The average Bonchev–Trinajstić information content (AvgIpc) is 1.54. The maximum Gasteiger partial charge on any atom is 0.132 e. The molecule has 6 nitrogen and oxygen atoms in total. The van der Waals surface area contributed by atoms with Crippen molar-refractivity contribution in [1.29, 1.82) is 0 Å². The van der Waals surface area contributed by atoms with E-state index in [1.807, 2.05) is 51.5 Å². The summed E-state index contributed by atoms with van der Waals surface area (Å²) in [7, 11) is 0. The van der Waals surface area contributed by atoms with Gasteiger partial charge in [-0.2, -0.15) is 17.5 Å². The summed E-state index contributed by atoms with van der Waals surface area (Å²) in [5.41, 5.74) is 13.7. The molecule has 14 heteroatoms. The van der Waals surface area contributed by atoms with Gasteiger partial charge in [0.2, 0.25) is 0 Å². The number of pyridine rings is 2. The summed E-state index contributed by atoms with van der Waals surface area (Å²) in [6, 6.07) is 20.4. The van der Waals surface area contributed by atoms with E-state index >= 15 is 0 Å². The molecule has 10 heterocycles. The molecule has 0 spiro atoms. The minimum absolute atomic E-state index is 0.142. The van der Waals surface area contributed by atoms with Gasteiger partial charge in [0.25, 0.3) is 0 Å². The Morgan fingerprint density at radius 1 is 0.339 bits per heavy atom. The van der Waals surface area contributed by atoms with Gasteiger partial charge in [-0.1, -0.05) is 312 Å². The van der Waals surface area contributed by atoms with E-state index < -0.39 is 0 Å². The van der Waals surface area contributed by atoms with E-state index in [0.29, 0.717) is 11.8 Å². The second kappa shape index (κ2) is 43.0. The number of hydrogen-bond donors (Lipinski definition) is 0. The molecule has 12 rings (SSSR count). The SMILES string of the molecule is CCCCCCCCCCC(CCCCCCCC)Cc1ccc(-c2c3cc(-c4cnc(-c5cc6c(s5)-c5sc(-c7ncc(C)c8nsnc78)cc5C6(CC(CC)CCCC)CC(CC)CCCC)c5nsnc45)sc3c(-c3ccc(CC(CCCCCCCC)CCCCCCCCCC)s3)c3cc(C)sc23)s1. The predicted molar refractivity (Wildman–Crippen MR) is 490 cm³/mol. The van der Waals surface area contributed by atoms with E-state index in [2.05, 4.69) is 147 Å². The van der Waals surface area contributed by atoms with Crippen molar-refractivity contribution in [1.82, 2.24) is 27.5 Å². The molecule has 109 heavy (non-hydrogen) atoms. The standard InChI is InChI=1S/C95H132N6S8/c1-11-19-25-29-33-35-39-43-49-69(47-41-37-31-27-21-13-3)56-71-51-53-78(103-71)83-73-55-66(10)102-91(73)84(79-54-52-72(104-79)57-70(48-42-38-32-28-22-14-4)50-44-40-36-34-30-26-20-12-2)74-58-80(105-92(74)83)75-64-97-88(90-86(75)99-109-101-90)82-60-77-94(107-82)93-76(59-81(106-93)87-89-85(98-108-100-89)65(9)63-96-87)95(77,61-67(17-7)45-23-15-5)62-68(18-8)46-24-16-6/h51-55,58-60,63-64,67-70H,11-50,56-57,61-62H2,1-10H3. The third kappa shape index (κ3) is 21.1. The number of aromatic nitrogens is 6. The number of unbranched alkanes of at least 4 members (excludes halogenated alkanes) is 26. The van der Waals surface area contributed by atoms with Gasteiger partial charge in [-0.05, 0) is 128 Å². The predicted octanol–water partition coefficient (Wildman–Crippen LogP) is 34.5. The summed E-state index contributed by atoms with van der Waals surface area (Å²) >= 11 is 14.8. The van der Waals surface area contributed by atoms with Gasteiger partial charge in [0.15, 0.2) is 0 Å². The van der Waals surface area contributed by atoms with Crippen LogP contribution in [0.4, 0.5) is 0 Å². The minimum atomic E-state index is -0.142. The van der Waals surface area contributed by atoms with Crippen molar-refractivity contribution in [3.63, 3.8) is 0 Å². The van der Waals surface area contributed by atoms with Crippen LogP contribution in [0.15, 0.2) is 60.9 Å². The van der Waals surface area contributed by atoms with Crippen LogP contribution in [-0.2, 0) is 18.3 Å². The molecule has 4 atom stereocenters. The summed E-state index contributed by atoms with van der Waals surface area (Å²) in [6.07, 6.45) is 62.8. The maximum atomic E-state index is 5.70. The lowest BCUT2D eigenvalue weighted by Gasteiger charge is -2.37. The van der Waals surface area contributed by atoms with Gasteiger partial charge in [-0.3, -0.25) is 9.97 Å².